The zero-order chi connectivity index (χ0) is 23.8. The minimum atomic E-state index is -4.54. The highest BCUT2D eigenvalue weighted by atomic mass is 19.4. The van der Waals surface area contributed by atoms with Crippen LogP contribution in [0.1, 0.15) is 11.1 Å². The highest BCUT2D eigenvalue weighted by Crippen LogP contribution is 2.40. The molecule has 2 aromatic carbocycles. The number of nitrogens with zero attached hydrogens (tertiary/aromatic N) is 4. The summed E-state index contributed by atoms with van der Waals surface area (Å²) in [5.41, 5.74) is 12.9. The molecule has 1 amide bonds. The summed E-state index contributed by atoms with van der Waals surface area (Å²) in [5, 5.41) is 0. The van der Waals surface area contributed by atoms with Gasteiger partial charge in [-0.25, -0.2) is 14.4 Å². The molecule has 0 atom stereocenters. The Hall–Kier alpha value is -4.15. The monoisotopic (exact) mass is 458 g/mol. The van der Waals surface area contributed by atoms with Crippen LogP contribution in [0.4, 0.5) is 34.8 Å². The number of nitrogen functional groups attached to an aromatic ring is 1. The van der Waals surface area contributed by atoms with Crippen LogP contribution in [0.5, 0.6) is 0 Å². The van der Waals surface area contributed by atoms with E-state index in [1.807, 2.05) is 6.07 Å². The van der Waals surface area contributed by atoms with E-state index in [4.69, 9.17) is 10.5 Å². The second-order valence-corrected chi connectivity index (χ2v) is 7.21. The maximum atomic E-state index is 14.4. The quantitative estimate of drug-likeness (QED) is 0.350. The molecular weight excluding hydrogens is 440 g/mol. The Labute approximate surface area is 185 Å². The van der Waals surface area contributed by atoms with Gasteiger partial charge in [-0.05, 0) is 42.3 Å². The lowest BCUT2D eigenvalue weighted by Crippen LogP contribution is -2.16. The number of alkyl halides is 3. The summed E-state index contributed by atoms with van der Waals surface area (Å²) in [7, 11) is 0. The summed E-state index contributed by atoms with van der Waals surface area (Å²) >= 11 is 0. The Kier molecular flexibility index (Phi) is 5.62. The largest absolute Gasteiger partial charge is 0.416 e. The summed E-state index contributed by atoms with van der Waals surface area (Å²) in [6.07, 6.45) is 1.25. The van der Waals surface area contributed by atoms with Crippen LogP contribution in [-0.4, -0.2) is 27.3 Å². The van der Waals surface area contributed by atoms with Crippen LogP contribution in [0, 0.1) is 5.82 Å². The van der Waals surface area contributed by atoms with E-state index in [1.54, 1.807) is 40.2 Å². The van der Waals surface area contributed by atoms with Gasteiger partial charge in [0.05, 0.1) is 16.9 Å². The zero-order valence-electron chi connectivity index (χ0n) is 17.1. The van der Waals surface area contributed by atoms with Gasteiger partial charge in [-0.15, -0.1) is 0 Å². The van der Waals surface area contributed by atoms with Crippen molar-refractivity contribution in [3.63, 3.8) is 0 Å². The molecule has 7 nitrogen and oxygen atoms in total. The molecule has 0 saturated heterocycles. The van der Waals surface area contributed by atoms with E-state index in [2.05, 4.69) is 15.7 Å². The highest BCUT2D eigenvalue weighted by Gasteiger charge is 2.33. The number of halogens is 4. The number of amides is 1. The second-order valence-electron chi connectivity index (χ2n) is 7.21. The van der Waals surface area contributed by atoms with Crippen LogP contribution in [0.2, 0.25) is 0 Å². The molecule has 1 aliphatic heterocycles. The molecule has 3 heterocycles. The number of carbonyl (C=O) groups is 1. The van der Waals surface area contributed by atoms with E-state index in [9.17, 15) is 17.6 Å². The lowest BCUT2D eigenvalue weighted by molar-refractivity contribution is -0.137. The van der Waals surface area contributed by atoms with Crippen molar-refractivity contribution in [2.45, 2.75) is 12.6 Å². The third kappa shape index (κ3) is 4.04. The van der Waals surface area contributed by atoms with Gasteiger partial charge in [0, 0.05) is 30.2 Å². The topological polar surface area (TPSA) is 103 Å². The standard InChI is InChI=1S/C21H15F4N5.CH3NO/c22-15-3-2-14(21(23,24)25)10-17(15)30-7-5-12-9-13(1-4-16(12)30)18-19-20(26)27-6-8-29(19)11-28-18;2-1-3/h1-4,6,8-11H,5,7H2,(H2,26,27);1H,(H2,2,3). The molecule has 0 radical (unpaired) electrons. The number of anilines is 3. The Balaban J connectivity index is 0.000000821. The number of benzene rings is 2. The van der Waals surface area contributed by atoms with Crippen LogP contribution < -0.4 is 16.4 Å². The smallest absolute Gasteiger partial charge is 0.382 e. The lowest BCUT2D eigenvalue weighted by atomic mass is 10.1. The van der Waals surface area contributed by atoms with E-state index in [0.717, 1.165) is 29.3 Å². The van der Waals surface area contributed by atoms with Gasteiger partial charge in [0.2, 0.25) is 6.41 Å². The Bertz CT molecular complexity index is 1330. The maximum absolute atomic E-state index is 14.4. The van der Waals surface area contributed by atoms with Crippen molar-refractivity contribution in [1.82, 2.24) is 14.4 Å². The number of rotatable bonds is 2. The van der Waals surface area contributed by atoms with Crippen LogP contribution in [0.25, 0.3) is 16.8 Å². The fraction of sp³-hybridized carbons (Fsp3) is 0.136. The average molecular weight is 458 g/mol. The number of aromatic nitrogens is 3. The SMILES string of the molecule is NC=O.Nc1nccn2cnc(-c3ccc4c(c3)CCN4c3cc(C(F)(F)F)ccc3F)c12. The van der Waals surface area contributed by atoms with Gasteiger partial charge in [0.15, 0.2) is 0 Å². The van der Waals surface area contributed by atoms with Crippen molar-refractivity contribution >= 4 is 29.1 Å². The summed E-state index contributed by atoms with van der Waals surface area (Å²) in [6, 6.07) is 7.95. The van der Waals surface area contributed by atoms with Gasteiger partial charge in [0.1, 0.15) is 23.5 Å². The third-order valence-electron chi connectivity index (χ3n) is 5.29. The summed E-state index contributed by atoms with van der Waals surface area (Å²) in [6.45, 7) is 0.380. The number of hydrogen-bond donors (Lipinski definition) is 2. The van der Waals surface area contributed by atoms with Crippen LogP contribution in [0.15, 0.2) is 55.1 Å². The Morgan fingerprint density at radius 3 is 2.55 bits per heavy atom. The van der Waals surface area contributed by atoms with Gasteiger partial charge in [-0.3, -0.25) is 4.79 Å². The zero-order valence-corrected chi connectivity index (χ0v) is 17.1. The molecule has 11 heteroatoms. The van der Waals surface area contributed by atoms with Crippen molar-refractivity contribution in [1.29, 1.82) is 0 Å². The van der Waals surface area contributed by atoms with E-state index in [0.29, 0.717) is 35.7 Å². The van der Waals surface area contributed by atoms with Crippen molar-refractivity contribution < 1.29 is 22.4 Å². The van der Waals surface area contributed by atoms with E-state index >= 15 is 0 Å². The summed E-state index contributed by atoms with van der Waals surface area (Å²) in [5.74, 6) is -0.350. The molecule has 0 fully saturated rings. The number of imidazole rings is 1. The van der Waals surface area contributed by atoms with Gasteiger partial charge < -0.3 is 20.8 Å². The van der Waals surface area contributed by atoms with Gasteiger partial charge in [-0.1, -0.05) is 6.07 Å². The molecule has 5 rings (SSSR count). The van der Waals surface area contributed by atoms with Gasteiger partial charge in [0.25, 0.3) is 0 Å². The number of fused-ring (bicyclic) bond motifs is 2. The van der Waals surface area contributed by atoms with Crippen molar-refractivity contribution in [2.24, 2.45) is 5.73 Å². The first kappa shape index (κ1) is 22.1. The maximum Gasteiger partial charge on any atom is 0.416 e. The van der Waals surface area contributed by atoms with E-state index < -0.39 is 17.6 Å². The van der Waals surface area contributed by atoms with E-state index in [-0.39, 0.29) is 12.1 Å². The molecule has 0 saturated carbocycles. The molecule has 2 aromatic heterocycles. The molecule has 33 heavy (non-hydrogen) atoms. The first-order valence-electron chi connectivity index (χ1n) is 9.74. The molecule has 4 aromatic rings. The highest BCUT2D eigenvalue weighted by molar-refractivity contribution is 5.86. The number of carbonyl (C=O) groups excluding carboxylic acids is 1. The first-order chi connectivity index (χ1) is 15.7. The molecule has 1 aliphatic rings. The summed E-state index contributed by atoms with van der Waals surface area (Å²) < 4.78 is 55.4. The minimum Gasteiger partial charge on any atom is -0.382 e. The number of nitrogens with two attached hydrogens (primary N) is 2. The minimum absolute atomic E-state index is 0.0859. The molecule has 4 N–H and O–H groups in total. The molecule has 0 aliphatic carbocycles. The van der Waals surface area contributed by atoms with E-state index in [1.165, 1.54) is 0 Å². The number of hydrogen-bond acceptors (Lipinski definition) is 5. The fourth-order valence-electron chi connectivity index (χ4n) is 3.88. The Morgan fingerprint density at radius 1 is 1.06 bits per heavy atom. The molecular formula is C22H18F4N6O. The predicted octanol–water partition coefficient (Wildman–Crippen LogP) is 3.93. The molecule has 170 valence electrons. The van der Waals surface area contributed by atoms with Crippen molar-refractivity contribution in [2.75, 3.05) is 17.2 Å². The third-order valence-corrected chi connectivity index (χ3v) is 5.29. The predicted molar refractivity (Wildman–Crippen MR) is 115 cm³/mol. The van der Waals surface area contributed by atoms with Gasteiger partial charge >= 0.3 is 6.18 Å². The average Bonchev–Trinajstić information content (AvgIpc) is 3.38. The normalized spacial score (nSPS) is 12.9. The van der Waals surface area contributed by atoms with Crippen LogP contribution in [-0.2, 0) is 17.4 Å². The molecule has 0 spiro atoms. The van der Waals surface area contributed by atoms with Crippen molar-refractivity contribution in [3.05, 3.63) is 72.1 Å². The fourth-order valence-corrected chi connectivity index (χ4v) is 3.88. The second kappa shape index (κ2) is 8.41. The van der Waals surface area contributed by atoms with Crippen molar-refractivity contribution in [3.8, 4) is 11.3 Å². The van der Waals surface area contributed by atoms with Crippen LogP contribution in [0.3, 0.4) is 0 Å². The first-order valence-corrected chi connectivity index (χ1v) is 9.74. The molecule has 0 unspecified atom stereocenters. The molecule has 0 bridgehead atoms. The van der Waals surface area contributed by atoms with Gasteiger partial charge in [-0.2, -0.15) is 13.2 Å². The Morgan fingerprint density at radius 2 is 1.82 bits per heavy atom. The number of primary amides is 1. The lowest BCUT2D eigenvalue weighted by Gasteiger charge is -2.21. The van der Waals surface area contributed by atoms with Crippen LogP contribution >= 0.6 is 0 Å². The summed E-state index contributed by atoms with van der Waals surface area (Å²) in [4.78, 5) is 18.7.